The van der Waals surface area contributed by atoms with Crippen LogP contribution in [0.2, 0.25) is 0 Å². The fraction of sp³-hybridized carbons (Fsp3) is 0.500. The van der Waals surface area contributed by atoms with E-state index in [0.29, 0.717) is 5.75 Å². The van der Waals surface area contributed by atoms with Crippen molar-refractivity contribution in [2.24, 2.45) is 0 Å². The fourth-order valence-electron chi connectivity index (χ4n) is 1.39. The molecule has 1 unspecified atom stereocenters. The van der Waals surface area contributed by atoms with Crippen LogP contribution in [0.15, 0.2) is 28.7 Å². The van der Waals surface area contributed by atoms with E-state index in [1.54, 1.807) is 12.1 Å². The predicted octanol–water partition coefficient (Wildman–Crippen LogP) is 3.33. The van der Waals surface area contributed by atoms with Gasteiger partial charge in [0, 0.05) is 10.9 Å². The first-order chi connectivity index (χ1) is 7.40. The molecule has 0 heterocycles. The monoisotopic (exact) mass is 290 g/mol. The van der Waals surface area contributed by atoms with Crippen molar-refractivity contribution in [2.75, 3.05) is 6.61 Å². The van der Waals surface area contributed by atoms with E-state index in [0.717, 1.165) is 4.47 Å². The average molecular weight is 291 g/mol. The Labute approximate surface area is 104 Å². The second-order valence-corrected chi connectivity index (χ2v) is 5.21. The number of hydrogen-bond acceptors (Lipinski definition) is 2. The molecule has 1 aromatic carbocycles. The fourth-order valence-corrected chi connectivity index (χ4v) is 1.65. The highest BCUT2D eigenvalue weighted by Crippen LogP contribution is 2.22. The Kier molecular flexibility index (Phi) is 4.74. The zero-order chi connectivity index (χ0) is 12.2. The van der Waals surface area contributed by atoms with Crippen LogP contribution in [0.1, 0.15) is 20.3 Å². The molecule has 0 amide bonds. The van der Waals surface area contributed by atoms with Gasteiger partial charge >= 0.3 is 0 Å². The molecule has 0 aromatic heterocycles. The normalized spacial score (nSPS) is 13.6. The topological polar surface area (TPSA) is 29.5 Å². The van der Waals surface area contributed by atoms with Crippen LogP contribution in [-0.2, 0) is 0 Å². The van der Waals surface area contributed by atoms with Crippen molar-refractivity contribution in [3.63, 3.8) is 0 Å². The van der Waals surface area contributed by atoms with Gasteiger partial charge < -0.3 is 9.84 Å². The van der Waals surface area contributed by atoms with Crippen molar-refractivity contribution < 1.29 is 14.2 Å². The molecule has 0 aliphatic carbocycles. The maximum atomic E-state index is 13.4. The van der Waals surface area contributed by atoms with Gasteiger partial charge in [-0.2, -0.15) is 0 Å². The predicted molar refractivity (Wildman–Crippen MR) is 65.4 cm³/mol. The summed E-state index contributed by atoms with van der Waals surface area (Å²) in [6.45, 7) is 2.75. The second-order valence-electron chi connectivity index (χ2n) is 4.30. The number of aliphatic hydroxyl groups is 1. The number of halogens is 2. The zero-order valence-corrected chi connectivity index (χ0v) is 11.0. The van der Waals surface area contributed by atoms with Crippen LogP contribution in [0.25, 0.3) is 0 Å². The van der Waals surface area contributed by atoms with Crippen molar-refractivity contribution in [3.05, 3.63) is 28.7 Å². The first kappa shape index (κ1) is 13.5. The highest BCUT2D eigenvalue weighted by molar-refractivity contribution is 9.10. The first-order valence-electron chi connectivity index (χ1n) is 5.13. The SMILES string of the molecule is CC(C)(F)CC(CO)Oc1ccc(Br)cc1. The summed E-state index contributed by atoms with van der Waals surface area (Å²) in [5, 5.41) is 9.10. The molecule has 0 fully saturated rings. The minimum Gasteiger partial charge on any atom is -0.488 e. The van der Waals surface area contributed by atoms with Gasteiger partial charge in [0.15, 0.2) is 0 Å². The van der Waals surface area contributed by atoms with Crippen LogP contribution in [0.3, 0.4) is 0 Å². The Bertz CT molecular complexity index is 319. The molecule has 0 radical (unpaired) electrons. The molecule has 0 aliphatic heterocycles. The lowest BCUT2D eigenvalue weighted by molar-refractivity contribution is 0.0583. The number of alkyl halides is 1. The molecule has 90 valence electrons. The summed E-state index contributed by atoms with van der Waals surface area (Å²) in [6, 6.07) is 7.23. The maximum absolute atomic E-state index is 13.4. The summed E-state index contributed by atoms with van der Waals surface area (Å²) in [4.78, 5) is 0. The summed E-state index contributed by atoms with van der Waals surface area (Å²) in [7, 11) is 0. The van der Waals surface area contributed by atoms with E-state index in [1.165, 1.54) is 13.8 Å². The summed E-state index contributed by atoms with van der Waals surface area (Å²) in [5.74, 6) is 0.631. The summed E-state index contributed by atoms with van der Waals surface area (Å²) >= 11 is 3.31. The highest BCUT2D eigenvalue weighted by Gasteiger charge is 2.23. The van der Waals surface area contributed by atoms with Crippen molar-refractivity contribution in [2.45, 2.75) is 32.0 Å². The van der Waals surface area contributed by atoms with E-state index < -0.39 is 11.8 Å². The molecule has 4 heteroatoms. The summed E-state index contributed by atoms with van der Waals surface area (Å²) in [6.07, 6.45) is -0.347. The quantitative estimate of drug-likeness (QED) is 0.901. The van der Waals surface area contributed by atoms with Gasteiger partial charge in [0.05, 0.1) is 6.61 Å². The number of aliphatic hydroxyl groups excluding tert-OH is 1. The first-order valence-corrected chi connectivity index (χ1v) is 5.92. The third-order valence-electron chi connectivity index (χ3n) is 2.03. The van der Waals surface area contributed by atoms with Gasteiger partial charge in [0.2, 0.25) is 0 Å². The largest absolute Gasteiger partial charge is 0.488 e. The molecular formula is C12H16BrFO2. The molecule has 1 atom stereocenters. The van der Waals surface area contributed by atoms with E-state index >= 15 is 0 Å². The minimum atomic E-state index is -1.34. The Morgan fingerprint density at radius 2 is 1.94 bits per heavy atom. The lowest BCUT2D eigenvalue weighted by Gasteiger charge is -2.22. The van der Waals surface area contributed by atoms with E-state index in [1.807, 2.05) is 12.1 Å². The molecular weight excluding hydrogens is 275 g/mol. The smallest absolute Gasteiger partial charge is 0.125 e. The lowest BCUT2D eigenvalue weighted by atomic mass is 10.0. The molecule has 2 nitrogen and oxygen atoms in total. The van der Waals surface area contributed by atoms with Crippen LogP contribution in [0, 0.1) is 0 Å². The van der Waals surface area contributed by atoms with Crippen LogP contribution >= 0.6 is 15.9 Å². The van der Waals surface area contributed by atoms with E-state index in [9.17, 15) is 4.39 Å². The number of rotatable bonds is 5. The van der Waals surface area contributed by atoms with E-state index in [2.05, 4.69) is 15.9 Å². The molecule has 16 heavy (non-hydrogen) atoms. The Morgan fingerprint density at radius 3 is 2.38 bits per heavy atom. The molecule has 1 aromatic rings. The Balaban J connectivity index is 2.60. The van der Waals surface area contributed by atoms with Gasteiger partial charge in [-0.15, -0.1) is 0 Å². The standard InChI is InChI=1S/C12H16BrFO2/c1-12(2,14)7-11(8-15)16-10-5-3-9(13)4-6-10/h3-6,11,15H,7-8H2,1-2H3. The van der Waals surface area contributed by atoms with Gasteiger partial charge in [0.25, 0.3) is 0 Å². The van der Waals surface area contributed by atoms with E-state index in [4.69, 9.17) is 9.84 Å². The third-order valence-corrected chi connectivity index (χ3v) is 2.56. The molecule has 0 saturated carbocycles. The lowest BCUT2D eigenvalue weighted by Crippen LogP contribution is -2.29. The molecule has 0 aliphatic rings. The number of benzene rings is 1. The van der Waals surface area contributed by atoms with Crippen molar-refractivity contribution in [1.82, 2.24) is 0 Å². The van der Waals surface area contributed by atoms with Crippen LogP contribution in [0.4, 0.5) is 4.39 Å². The number of hydrogen-bond donors (Lipinski definition) is 1. The average Bonchev–Trinajstić information content (AvgIpc) is 2.18. The van der Waals surface area contributed by atoms with Gasteiger partial charge in [-0.3, -0.25) is 0 Å². The van der Waals surface area contributed by atoms with Crippen LogP contribution in [-0.4, -0.2) is 23.5 Å². The second kappa shape index (κ2) is 5.64. The maximum Gasteiger partial charge on any atom is 0.125 e. The summed E-state index contributed by atoms with van der Waals surface area (Å²) in [5.41, 5.74) is -1.34. The highest BCUT2D eigenvalue weighted by atomic mass is 79.9. The van der Waals surface area contributed by atoms with Crippen molar-refractivity contribution >= 4 is 15.9 Å². The van der Waals surface area contributed by atoms with Crippen molar-refractivity contribution in [3.8, 4) is 5.75 Å². The molecule has 0 bridgehead atoms. The molecule has 1 N–H and O–H groups in total. The minimum absolute atomic E-state index is 0.166. The Hall–Kier alpha value is -0.610. The van der Waals surface area contributed by atoms with Crippen molar-refractivity contribution in [1.29, 1.82) is 0 Å². The van der Waals surface area contributed by atoms with E-state index in [-0.39, 0.29) is 13.0 Å². The molecule has 0 spiro atoms. The van der Waals surface area contributed by atoms with Gasteiger partial charge in [-0.25, -0.2) is 4.39 Å². The molecule has 0 saturated heterocycles. The van der Waals surface area contributed by atoms with Gasteiger partial charge in [-0.1, -0.05) is 15.9 Å². The zero-order valence-electron chi connectivity index (χ0n) is 9.41. The molecule has 1 rings (SSSR count). The number of ether oxygens (including phenoxy) is 1. The van der Waals surface area contributed by atoms with Crippen LogP contribution < -0.4 is 4.74 Å². The Morgan fingerprint density at radius 1 is 1.38 bits per heavy atom. The van der Waals surface area contributed by atoms with Gasteiger partial charge in [-0.05, 0) is 38.1 Å². The third kappa shape index (κ3) is 4.94. The summed E-state index contributed by atoms with van der Waals surface area (Å²) < 4.78 is 19.8. The van der Waals surface area contributed by atoms with Crippen LogP contribution in [0.5, 0.6) is 5.75 Å². The van der Waals surface area contributed by atoms with Gasteiger partial charge in [0.1, 0.15) is 17.5 Å².